The van der Waals surface area contributed by atoms with Crippen LogP contribution in [0.15, 0.2) is 85.1 Å². The Bertz CT molecular complexity index is 3550. The highest BCUT2D eigenvalue weighted by Crippen LogP contribution is 2.29. The topological polar surface area (TPSA) is 532 Å². The number of rotatable bonds is 45. The van der Waals surface area contributed by atoms with Crippen molar-refractivity contribution in [3.63, 3.8) is 0 Å². The van der Waals surface area contributed by atoms with Gasteiger partial charge in [0.15, 0.2) is 6.04 Å². The number of aliphatic hydroxyl groups is 2. The van der Waals surface area contributed by atoms with E-state index < -0.39 is 169 Å². The van der Waals surface area contributed by atoms with Crippen LogP contribution in [0.2, 0.25) is 0 Å². The van der Waals surface area contributed by atoms with Crippen LogP contribution in [-0.2, 0) is 81.6 Å². The molecule has 0 saturated carbocycles. The monoisotopic (exact) mass is 1490 g/mol. The number of hydrogen-bond donors (Lipinski definition) is 18. The molecule has 0 bridgehead atoms. The van der Waals surface area contributed by atoms with Crippen LogP contribution in [0.4, 0.5) is 0 Å². The third kappa shape index (κ3) is 28.0. The van der Waals surface area contributed by atoms with Crippen LogP contribution in [0.3, 0.4) is 0 Å². The number of carbonyl (C=O) groups excluding carboxylic acids is 8. The lowest BCUT2D eigenvalue weighted by molar-refractivity contribution is -0.148. The van der Waals surface area contributed by atoms with E-state index in [4.69, 9.17) is 5.73 Å². The van der Waals surface area contributed by atoms with Crippen LogP contribution in [0.1, 0.15) is 82.4 Å². The minimum atomic E-state index is -1.78. The number of carboxylic acids is 5. The molecule has 36 heteroatoms. The maximum atomic E-state index is 15.2. The Morgan fingerprint density at radius 2 is 1.05 bits per heavy atom. The van der Waals surface area contributed by atoms with Crippen molar-refractivity contribution in [3.8, 4) is 5.75 Å². The first-order valence-electron chi connectivity index (χ1n) is 33.6. The number of nitrogens with one attached hydrogen (secondary N) is 9. The largest absolute Gasteiger partial charge is 0.508 e. The maximum Gasteiger partial charge on any atom is 0.328 e. The summed E-state index contributed by atoms with van der Waals surface area (Å²) in [4.78, 5) is 182. The third-order valence-electron chi connectivity index (χ3n) is 17.2. The number of nitrogens with zero attached hydrogens (tertiary/aromatic N) is 3. The SMILES string of the molecule is CSSCC(NC(=O)[C@@H](Cc1ccccc1)NC(=O)CCCCC1(N(CC(=O)O)CC(=O)O)CN(CC(=O)O)CCN(CC(=O)O)C1)C(=O)N[C@@H](Cc1ccc(O)cc1)C(=O)N[C@H](Cc1c[nH]c2ccccc12)C(=O)N[C@@H](CCCCN)C(=O)N[C@H](C(=O)N[C@@H](C)C(=O)N[C@H](C(=O)O)C(C)O)C(C)O. The number of phenolic OH excluding ortho intramolecular Hbond substituents is 1. The molecule has 5 rings (SSSR count). The van der Waals surface area contributed by atoms with Crippen molar-refractivity contribution in [3.05, 3.63) is 102 Å². The number of aliphatic hydroxyl groups excluding tert-OH is 2. The molecule has 1 aliphatic rings. The highest BCUT2D eigenvalue weighted by molar-refractivity contribution is 8.76. The number of carbonyl (C=O) groups is 13. The van der Waals surface area contributed by atoms with Gasteiger partial charge in [-0.2, -0.15) is 0 Å². The minimum absolute atomic E-state index is 0.0284. The van der Waals surface area contributed by atoms with E-state index in [-0.39, 0.29) is 102 Å². The van der Waals surface area contributed by atoms with Crippen molar-refractivity contribution in [2.75, 3.05) is 70.9 Å². The van der Waals surface area contributed by atoms with E-state index in [0.29, 0.717) is 34.0 Å². The smallest absolute Gasteiger partial charge is 0.328 e. The summed E-state index contributed by atoms with van der Waals surface area (Å²) in [5, 5.41) is 101. The number of hydrogen-bond acceptors (Lipinski definition) is 22. The summed E-state index contributed by atoms with van der Waals surface area (Å²) in [6.07, 6.45) is -0.133. The number of unbranched alkanes of at least 4 members (excludes halogenated alkanes) is 2. The zero-order chi connectivity index (χ0) is 76.8. The third-order valence-corrected chi connectivity index (χ3v) is 19.0. The normalized spacial score (nSPS) is 16.0. The molecule has 570 valence electrons. The Hall–Kier alpha value is -9.43. The van der Waals surface area contributed by atoms with Crippen molar-refractivity contribution in [1.29, 1.82) is 0 Å². The van der Waals surface area contributed by atoms with E-state index in [9.17, 15) is 98.4 Å². The number of para-hydroxylation sites is 1. The Morgan fingerprint density at radius 3 is 1.59 bits per heavy atom. The van der Waals surface area contributed by atoms with Gasteiger partial charge in [-0.15, -0.1) is 0 Å². The highest BCUT2D eigenvalue weighted by Gasteiger charge is 2.44. The van der Waals surface area contributed by atoms with Gasteiger partial charge in [0.2, 0.25) is 47.3 Å². The second-order valence-corrected chi connectivity index (χ2v) is 28.1. The fourth-order valence-corrected chi connectivity index (χ4v) is 13.3. The Labute approximate surface area is 607 Å². The van der Waals surface area contributed by atoms with Crippen LogP contribution in [-0.4, -0.2) is 275 Å². The predicted molar refractivity (Wildman–Crippen MR) is 381 cm³/mol. The summed E-state index contributed by atoms with van der Waals surface area (Å²) < 4.78 is 0. The number of nitrogens with two attached hydrogens (primary N) is 1. The van der Waals surface area contributed by atoms with E-state index in [1.807, 2.05) is 0 Å². The molecule has 19 N–H and O–H groups in total. The van der Waals surface area contributed by atoms with Crippen LogP contribution < -0.4 is 48.3 Å². The van der Waals surface area contributed by atoms with Crippen LogP contribution in [0, 0.1) is 0 Å². The van der Waals surface area contributed by atoms with Crippen molar-refractivity contribution in [2.24, 2.45) is 5.73 Å². The van der Waals surface area contributed by atoms with Crippen molar-refractivity contribution >= 4 is 110 Å². The van der Waals surface area contributed by atoms with Gasteiger partial charge in [0.25, 0.3) is 0 Å². The number of benzene rings is 3. The van der Waals surface area contributed by atoms with Gasteiger partial charge < -0.3 is 94.1 Å². The maximum absolute atomic E-state index is 15.2. The van der Waals surface area contributed by atoms with E-state index in [1.54, 1.807) is 67.0 Å². The van der Waals surface area contributed by atoms with E-state index in [1.165, 1.54) is 51.8 Å². The quantitative estimate of drug-likeness (QED) is 0.0174. The molecular weight excluding hydrogens is 1400 g/mol. The van der Waals surface area contributed by atoms with Crippen LogP contribution in [0.25, 0.3) is 10.9 Å². The number of fused-ring (bicyclic) bond motifs is 1. The molecular formula is C68H95N13O21S2. The van der Waals surface area contributed by atoms with E-state index in [2.05, 4.69) is 47.5 Å². The number of amides is 8. The molecule has 0 spiro atoms. The Kier molecular flexibility index (Phi) is 34.7. The number of aromatic amines is 1. The number of aromatic hydroxyl groups is 1. The van der Waals surface area contributed by atoms with Crippen LogP contribution >= 0.6 is 21.6 Å². The molecule has 4 aromatic rings. The Balaban J connectivity index is 1.43. The molecule has 1 aromatic heterocycles. The van der Waals surface area contributed by atoms with Gasteiger partial charge in [-0.05, 0) is 101 Å². The summed E-state index contributed by atoms with van der Waals surface area (Å²) in [6, 6.07) is 8.84. The average Bonchev–Trinajstić information content (AvgIpc) is 1.49. The fraction of sp³-hybridized carbons (Fsp3) is 0.515. The molecule has 3 unspecified atom stereocenters. The van der Waals surface area contributed by atoms with Gasteiger partial charge in [-0.3, -0.25) is 72.2 Å². The van der Waals surface area contributed by atoms with Crippen molar-refractivity contribution < 1.29 is 103 Å². The number of phenols is 1. The number of carboxylic acid groups (broad SMARTS) is 5. The van der Waals surface area contributed by atoms with E-state index >= 15 is 4.79 Å². The number of H-pyrrole nitrogens is 1. The molecule has 10 atom stereocenters. The van der Waals surface area contributed by atoms with Gasteiger partial charge in [-0.1, -0.05) is 88.7 Å². The highest BCUT2D eigenvalue weighted by atomic mass is 33.1. The summed E-state index contributed by atoms with van der Waals surface area (Å²) >= 11 is 0. The molecule has 104 heavy (non-hydrogen) atoms. The Morgan fingerprint density at radius 1 is 0.548 bits per heavy atom. The molecule has 1 saturated heterocycles. The number of aromatic nitrogens is 1. The summed E-state index contributed by atoms with van der Waals surface area (Å²) in [6.45, 7) is 0.748. The molecule has 0 radical (unpaired) electrons. The van der Waals surface area contributed by atoms with Crippen LogP contribution in [0.5, 0.6) is 5.75 Å². The molecule has 1 fully saturated rings. The first-order valence-corrected chi connectivity index (χ1v) is 36.3. The van der Waals surface area contributed by atoms with Gasteiger partial charge in [0, 0.05) is 80.3 Å². The van der Waals surface area contributed by atoms with Gasteiger partial charge in [0.1, 0.15) is 48.0 Å². The first-order chi connectivity index (χ1) is 49.3. The minimum Gasteiger partial charge on any atom is -0.508 e. The molecule has 3 aromatic carbocycles. The standard InChI is InChI=1S/C68H95N13O21S2/c1-39(60(94)78-59(41(3)83)67(101)102)71-66(100)58(40(2)82)77-61(95)48(18-11-13-25-69)73-64(98)51(30-44-31-70-47-17-9-8-16-46(44)47)75-63(97)50(29-43-20-22-45(84)23-21-43)74-65(99)52(36-104-103-4)76-62(96)49(28-42-14-6-5-7-15-42)72-53(85)19-10-12-24-68(81(34-56(90)91)35-57(92)93)37-79(32-54(86)87)26-27-80(38-68)33-55(88)89/h5-9,14-17,20-23,31,39-41,48-52,58-59,70,82-84H,10-13,18-19,24-30,32-38,69H2,1-4H3,(H,71,100)(H,72,85)(H,73,98)(H,74,99)(H,75,97)(H,76,96)(H,77,95)(H,78,94)(H,86,87)(H,88,89)(H,90,91)(H,92,93)(H,101,102)/t39-,40?,41?,48-,49+,50-,51+,52?,58-,59-/m0/s1. The van der Waals surface area contributed by atoms with Crippen molar-refractivity contribution in [2.45, 2.75) is 151 Å². The zero-order valence-corrected chi connectivity index (χ0v) is 59.8. The lowest BCUT2D eigenvalue weighted by Gasteiger charge is -2.45. The summed E-state index contributed by atoms with van der Waals surface area (Å²) in [5.41, 5.74) is 6.53. The fourth-order valence-electron chi connectivity index (χ4n) is 11.9. The van der Waals surface area contributed by atoms with Crippen molar-refractivity contribution in [1.82, 2.24) is 62.2 Å². The molecule has 34 nitrogen and oxygen atoms in total. The molecule has 2 heterocycles. The molecule has 1 aliphatic heterocycles. The first kappa shape index (κ1) is 85.2. The average molecular weight is 1490 g/mol. The van der Waals surface area contributed by atoms with E-state index in [0.717, 1.165) is 29.5 Å². The second kappa shape index (κ2) is 42.4. The zero-order valence-electron chi connectivity index (χ0n) is 58.1. The molecule has 8 amide bonds. The lowest BCUT2D eigenvalue weighted by Crippen LogP contribution is -2.62. The summed E-state index contributed by atoms with van der Waals surface area (Å²) in [5.74, 6) is -14.5. The lowest BCUT2D eigenvalue weighted by atomic mass is 9.88. The predicted octanol–water partition coefficient (Wildman–Crippen LogP) is -1.66. The molecule has 0 aliphatic carbocycles. The van der Waals surface area contributed by atoms with Gasteiger partial charge in [-0.25, -0.2) is 4.79 Å². The second-order valence-electron chi connectivity index (χ2n) is 25.5. The van der Waals surface area contributed by atoms with Gasteiger partial charge in [0.05, 0.1) is 38.4 Å². The van der Waals surface area contributed by atoms with Gasteiger partial charge >= 0.3 is 29.8 Å². The summed E-state index contributed by atoms with van der Waals surface area (Å²) in [7, 11) is 2.40. The number of aliphatic carboxylic acids is 5.